The lowest BCUT2D eigenvalue weighted by atomic mass is 10.1. The molecular formula is C14H20N4O. The molecule has 2 rings (SSSR count). The van der Waals surface area contributed by atoms with E-state index in [9.17, 15) is 0 Å². The van der Waals surface area contributed by atoms with E-state index in [0.29, 0.717) is 13.0 Å². The smallest absolute Gasteiger partial charge is 0.158 e. The summed E-state index contributed by atoms with van der Waals surface area (Å²) >= 11 is 0. The summed E-state index contributed by atoms with van der Waals surface area (Å²) < 4.78 is 7.14. The number of nitrogens with zero attached hydrogens (tertiary/aromatic N) is 3. The van der Waals surface area contributed by atoms with Gasteiger partial charge in [0.15, 0.2) is 11.6 Å². The normalized spacial score (nSPS) is 10.7. The Bertz CT molecular complexity index is 563. The minimum Gasteiger partial charge on any atom is -0.496 e. The van der Waals surface area contributed by atoms with Crippen molar-refractivity contribution < 1.29 is 4.74 Å². The van der Waals surface area contributed by atoms with Crippen LogP contribution in [0.1, 0.15) is 18.3 Å². The molecular weight excluding hydrogens is 240 g/mol. The van der Waals surface area contributed by atoms with Crippen LogP contribution in [-0.2, 0) is 19.9 Å². The molecule has 0 unspecified atom stereocenters. The second-order valence-electron chi connectivity index (χ2n) is 4.39. The van der Waals surface area contributed by atoms with Gasteiger partial charge in [-0.05, 0) is 36.7 Å². The Morgan fingerprint density at radius 1 is 1.37 bits per heavy atom. The fraction of sp³-hybridized carbons (Fsp3) is 0.429. The van der Waals surface area contributed by atoms with Crippen molar-refractivity contribution in [3.05, 3.63) is 29.6 Å². The van der Waals surface area contributed by atoms with Crippen molar-refractivity contribution in [3.8, 4) is 17.1 Å². The molecule has 19 heavy (non-hydrogen) atoms. The third-order valence-electron chi connectivity index (χ3n) is 3.09. The van der Waals surface area contributed by atoms with E-state index >= 15 is 0 Å². The van der Waals surface area contributed by atoms with Crippen LogP contribution >= 0.6 is 0 Å². The standard InChI is InChI=1S/C14H20N4O/c1-4-10-9-11(5-6-12(10)19-3)14-16-13(7-8-15)17-18(14)2/h5-6,9H,4,7-8,15H2,1-3H3. The highest BCUT2D eigenvalue weighted by molar-refractivity contribution is 5.59. The molecule has 0 amide bonds. The van der Waals surface area contributed by atoms with Gasteiger partial charge in [0.25, 0.3) is 0 Å². The van der Waals surface area contributed by atoms with Gasteiger partial charge in [0, 0.05) is 19.0 Å². The van der Waals surface area contributed by atoms with Crippen LogP contribution in [0.2, 0.25) is 0 Å². The third-order valence-corrected chi connectivity index (χ3v) is 3.09. The van der Waals surface area contributed by atoms with Crippen LogP contribution in [-0.4, -0.2) is 28.4 Å². The van der Waals surface area contributed by atoms with Gasteiger partial charge in [-0.3, -0.25) is 0 Å². The molecule has 0 saturated heterocycles. The summed E-state index contributed by atoms with van der Waals surface area (Å²) in [7, 11) is 3.59. The highest BCUT2D eigenvalue weighted by atomic mass is 16.5. The summed E-state index contributed by atoms with van der Waals surface area (Å²) in [5, 5.41) is 4.37. The van der Waals surface area contributed by atoms with E-state index in [4.69, 9.17) is 10.5 Å². The molecule has 5 nitrogen and oxygen atoms in total. The Morgan fingerprint density at radius 2 is 2.16 bits per heavy atom. The molecule has 0 fully saturated rings. The lowest BCUT2D eigenvalue weighted by Gasteiger charge is -2.08. The zero-order valence-corrected chi connectivity index (χ0v) is 11.7. The molecule has 2 N–H and O–H groups in total. The molecule has 1 aromatic carbocycles. The molecule has 2 aromatic rings. The first kappa shape index (κ1) is 13.5. The van der Waals surface area contributed by atoms with Gasteiger partial charge in [-0.2, -0.15) is 5.10 Å². The number of hydrogen-bond acceptors (Lipinski definition) is 4. The zero-order valence-electron chi connectivity index (χ0n) is 11.7. The highest BCUT2D eigenvalue weighted by Crippen LogP contribution is 2.25. The molecule has 0 radical (unpaired) electrons. The number of nitrogens with two attached hydrogens (primary N) is 1. The highest BCUT2D eigenvalue weighted by Gasteiger charge is 2.11. The average Bonchev–Trinajstić information content (AvgIpc) is 2.79. The monoisotopic (exact) mass is 260 g/mol. The van der Waals surface area contributed by atoms with Crippen molar-refractivity contribution in [2.75, 3.05) is 13.7 Å². The van der Waals surface area contributed by atoms with E-state index in [1.54, 1.807) is 11.8 Å². The molecule has 102 valence electrons. The number of ether oxygens (including phenoxy) is 1. The Labute approximate surface area is 113 Å². The van der Waals surface area contributed by atoms with Crippen LogP contribution in [0.5, 0.6) is 5.75 Å². The molecule has 0 bridgehead atoms. The van der Waals surface area contributed by atoms with Gasteiger partial charge >= 0.3 is 0 Å². The van der Waals surface area contributed by atoms with Crippen molar-refractivity contribution >= 4 is 0 Å². The van der Waals surface area contributed by atoms with Crippen LogP contribution in [0, 0.1) is 0 Å². The fourth-order valence-corrected chi connectivity index (χ4v) is 2.12. The Hall–Kier alpha value is -1.88. The second kappa shape index (κ2) is 5.84. The van der Waals surface area contributed by atoms with Gasteiger partial charge in [-0.1, -0.05) is 6.92 Å². The largest absolute Gasteiger partial charge is 0.496 e. The number of rotatable bonds is 5. The van der Waals surface area contributed by atoms with Crippen molar-refractivity contribution in [1.82, 2.24) is 14.8 Å². The Kier molecular flexibility index (Phi) is 4.16. The van der Waals surface area contributed by atoms with Gasteiger partial charge in [0.1, 0.15) is 5.75 Å². The SMILES string of the molecule is CCc1cc(-c2nc(CCN)nn2C)ccc1OC. The molecule has 0 saturated carbocycles. The first-order chi connectivity index (χ1) is 9.19. The van der Waals surface area contributed by atoms with Crippen LogP contribution in [0.3, 0.4) is 0 Å². The fourth-order valence-electron chi connectivity index (χ4n) is 2.12. The van der Waals surface area contributed by atoms with Crippen LogP contribution in [0.4, 0.5) is 0 Å². The van der Waals surface area contributed by atoms with E-state index < -0.39 is 0 Å². The van der Waals surface area contributed by atoms with Crippen molar-refractivity contribution in [2.45, 2.75) is 19.8 Å². The number of benzene rings is 1. The molecule has 1 aromatic heterocycles. The Balaban J connectivity index is 2.41. The molecule has 0 aliphatic heterocycles. The summed E-state index contributed by atoms with van der Waals surface area (Å²) in [6, 6.07) is 6.09. The minimum atomic E-state index is 0.562. The van der Waals surface area contributed by atoms with Gasteiger partial charge in [-0.25, -0.2) is 9.67 Å². The molecule has 5 heteroatoms. The molecule has 0 atom stereocenters. The minimum absolute atomic E-state index is 0.562. The first-order valence-electron chi connectivity index (χ1n) is 6.46. The lowest BCUT2D eigenvalue weighted by Crippen LogP contribution is -2.04. The summed E-state index contributed by atoms with van der Waals surface area (Å²) in [5.41, 5.74) is 7.76. The predicted octanol–water partition coefficient (Wildman–Crippen LogP) is 1.55. The van der Waals surface area contributed by atoms with Crippen LogP contribution in [0.25, 0.3) is 11.4 Å². The zero-order chi connectivity index (χ0) is 13.8. The third kappa shape index (κ3) is 2.76. The number of aromatic nitrogens is 3. The summed E-state index contributed by atoms with van der Waals surface area (Å²) in [6.07, 6.45) is 1.62. The van der Waals surface area contributed by atoms with E-state index in [1.165, 1.54) is 5.56 Å². The summed E-state index contributed by atoms with van der Waals surface area (Å²) in [6.45, 7) is 2.67. The maximum absolute atomic E-state index is 5.54. The van der Waals surface area contributed by atoms with E-state index in [0.717, 1.165) is 29.4 Å². The molecule has 0 aliphatic rings. The maximum atomic E-state index is 5.54. The van der Waals surface area contributed by atoms with Gasteiger partial charge < -0.3 is 10.5 Å². The predicted molar refractivity (Wildman–Crippen MR) is 75.1 cm³/mol. The average molecular weight is 260 g/mol. The molecule has 1 heterocycles. The quantitative estimate of drug-likeness (QED) is 0.886. The van der Waals surface area contributed by atoms with Gasteiger partial charge in [0.05, 0.1) is 7.11 Å². The lowest BCUT2D eigenvalue weighted by molar-refractivity contribution is 0.410. The molecule has 0 aliphatic carbocycles. The van der Waals surface area contributed by atoms with Crippen LogP contribution < -0.4 is 10.5 Å². The second-order valence-corrected chi connectivity index (χ2v) is 4.39. The van der Waals surface area contributed by atoms with E-state index in [-0.39, 0.29) is 0 Å². The van der Waals surface area contributed by atoms with Crippen molar-refractivity contribution in [2.24, 2.45) is 12.8 Å². The van der Waals surface area contributed by atoms with E-state index in [1.807, 2.05) is 19.2 Å². The Morgan fingerprint density at radius 3 is 2.79 bits per heavy atom. The molecule has 0 spiro atoms. The van der Waals surface area contributed by atoms with Crippen molar-refractivity contribution in [3.63, 3.8) is 0 Å². The van der Waals surface area contributed by atoms with Gasteiger partial charge in [-0.15, -0.1) is 0 Å². The summed E-state index contributed by atoms with van der Waals surface area (Å²) in [4.78, 5) is 4.53. The van der Waals surface area contributed by atoms with E-state index in [2.05, 4.69) is 23.1 Å². The maximum Gasteiger partial charge on any atom is 0.158 e. The van der Waals surface area contributed by atoms with Crippen molar-refractivity contribution in [1.29, 1.82) is 0 Å². The number of methoxy groups -OCH3 is 1. The van der Waals surface area contributed by atoms with Gasteiger partial charge in [0.2, 0.25) is 0 Å². The summed E-state index contributed by atoms with van der Waals surface area (Å²) in [5.74, 6) is 2.56. The number of aryl methyl sites for hydroxylation is 2. The first-order valence-corrected chi connectivity index (χ1v) is 6.46. The van der Waals surface area contributed by atoms with Crippen LogP contribution in [0.15, 0.2) is 18.2 Å². The number of hydrogen-bond donors (Lipinski definition) is 1. The topological polar surface area (TPSA) is 66.0 Å².